The molecule has 1 heterocycles. The average Bonchev–Trinajstić information content (AvgIpc) is 2.84. The van der Waals surface area contributed by atoms with Gasteiger partial charge in [-0.05, 0) is 12.8 Å². The molecule has 0 atom stereocenters. The van der Waals surface area contributed by atoms with Gasteiger partial charge >= 0.3 is 5.97 Å². The van der Waals surface area contributed by atoms with Crippen LogP contribution in [0.5, 0.6) is 0 Å². The average molecular weight is 281 g/mol. The Hall–Kier alpha value is -1.61. The Bertz CT molecular complexity index is 451. The molecular formula is C13H19N3O2S. The minimum absolute atomic E-state index is 0.340. The number of rotatable bonds is 7. The maximum absolute atomic E-state index is 11.6. The number of esters is 1. The van der Waals surface area contributed by atoms with E-state index in [1.807, 2.05) is 4.90 Å². The van der Waals surface area contributed by atoms with Gasteiger partial charge in [-0.3, -0.25) is 0 Å². The molecule has 5 nitrogen and oxygen atoms in total. The SMILES string of the molecule is CCOC(=O)c1csc(N(CCC#N)CC(C)C)n1. The Balaban J connectivity index is 2.79. The van der Waals surface area contributed by atoms with Gasteiger partial charge in [-0.25, -0.2) is 9.78 Å². The molecule has 0 radical (unpaired) electrons. The highest BCUT2D eigenvalue weighted by Gasteiger charge is 2.16. The fourth-order valence-corrected chi connectivity index (χ4v) is 2.43. The summed E-state index contributed by atoms with van der Waals surface area (Å²) in [6.45, 7) is 7.78. The van der Waals surface area contributed by atoms with Crippen LogP contribution >= 0.6 is 11.3 Å². The van der Waals surface area contributed by atoms with Crippen molar-refractivity contribution in [1.29, 1.82) is 5.26 Å². The minimum Gasteiger partial charge on any atom is -0.461 e. The molecular weight excluding hydrogens is 262 g/mol. The van der Waals surface area contributed by atoms with Crippen LogP contribution in [0.3, 0.4) is 0 Å². The Morgan fingerprint density at radius 2 is 2.37 bits per heavy atom. The second-order valence-electron chi connectivity index (χ2n) is 4.48. The van der Waals surface area contributed by atoms with E-state index in [2.05, 4.69) is 24.9 Å². The summed E-state index contributed by atoms with van der Waals surface area (Å²) < 4.78 is 4.92. The number of aromatic nitrogens is 1. The molecule has 6 heteroatoms. The molecule has 0 N–H and O–H groups in total. The second kappa shape index (κ2) is 7.74. The van der Waals surface area contributed by atoms with E-state index in [1.54, 1.807) is 12.3 Å². The van der Waals surface area contributed by atoms with Gasteiger partial charge in [0.15, 0.2) is 10.8 Å². The number of carbonyl (C=O) groups is 1. The maximum Gasteiger partial charge on any atom is 0.357 e. The fourth-order valence-electron chi connectivity index (χ4n) is 1.60. The van der Waals surface area contributed by atoms with Crippen molar-refractivity contribution in [1.82, 2.24) is 4.98 Å². The number of nitriles is 1. The van der Waals surface area contributed by atoms with Gasteiger partial charge in [0.2, 0.25) is 0 Å². The Labute approximate surface area is 117 Å². The van der Waals surface area contributed by atoms with Crippen molar-refractivity contribution in [2.24, 2.45) is 5.92 Å². The number of hydrogen-bond donors (Lipinski definition) is 0. The predicted molar refractivity (Wildman–Crippen MR) is 75.4 cm³/mol. The van der Waals surface area contributed by atoms with Gasteiger partial charge in [0.25, 0.3) is 0 Å². The molecule has 0 saturated heterocycles. The van der Waals surface area contributed by atoms with Gasteiger partial charge in [-0.15, -0.1) is 11.3 Å². The van der Waals surface area contributed by atoms with Crippen LogP contribution in [0.1, 0.15) is 37.7 Å². The molecule has 1 aromatic heterocycles. The fraction of sp³-hybridized carbons (Fsp3) is 0.615. The molecule has 0 unspecified atom stereocenters. The first-order valence-electron chi connectivity index (χ1n) is 6.33. The summed E-state index contributed by atoms with van der Waals surface area (Å²) >= 11 is 1.41. The minimum atomic E-state index is -0.394. The smallest absolute Gasteiger partial charge is 0.357 e. The van der Waals surface area contributed by atoms with Crippen LogP contribution in [0.15, 0.2) is 5.38 Å². The van der Waals surface area contributed by atoms with Crippen molar-refractivity contribution in [2.75, 3.05) is 24.6 Å². The zero-order valence-corrected chi connectivity index (χ0v) is 12.4. The zero-order chi connectivity index (χ0) is 14.3. The molecule has 0 fully saturated rings. The number of thiazole rings is 1. The first-order valence-corrected chi connectivity index (χ1v) is 7.21. The van der Waals surface area contributed by atoms with Gasteiger partial charge < -0.3 is 9.64 Å². The third-order valence-corrected chi connectivity index (χ3v) is 3.23. The Morgan fingerprint density at radius 1 is 1.63 bits per heavy atom. The number of anilines is 1. The molecule has 0 aliphatic heterocycles. The van der Waals surface area contributed by atoms with E-state index in [0.717, 1.165) is 11.7 Å². The van der Waals surface area contributed by atoms with E-state index in [0.29, 0.717) is 31.2 Å². The summed E-state index contributed by atoms with van der Waals surface area (Å²) in [6, 6.07) is 2.13. The maximum atomic E-state index is 11.6. The molecule has 0 bridgehead atoms. The largest absolute Gasteiger partial charge is 0.461 e. The van der Waals surface area contributed by atoms with Gasteiger partial charge in [-0.2, -0.15) is 5.26 Å². The number of nitrogens with zero attached hydrogens (tertiary/aromatic N) is 3. The van der Waals surface area contributed by atoms with Crippen LogP contribution in [0.4, 0.5) is 5.13 Å². The highest BCUT2D eigenvalue weighted by Crippen LogP contribution is 2.22. The van der Waals surface area contributed by atoms with Crippen molar-refractivity contribution in [3.63, 3.8) is 0 Å². The van der Waals surface area contributed by atoms with E-state index < -0.39 is 5.97 Å². The third kappa shape index (κ3) is 4.87. The molecule has 0 spiro atoms. The Morgan fingerprint density at radius 3 is 2.95 bits per heavy atom. The summed E-state index contributed by atoms with van der Waals surface area (Å²) in [5, 5.41) is 11.2. The van der Waals surface area contributed by atoms with E-state index in [-0.39, 0.29) is 0 Å². The van der Waals surface area contributed by atoms with Crippen LogP contribution in [-0.4, -0.2) is 30.6 Å². The molecule has 1 aromatic rings. The highest BCUT2D eigenvalue weighted by molar-refractivity contribution is 7.13. The van der Waals surface area contributed by atoms with E-state index in [1.165, 1.54) is 11.3 Å². The summed E-state index contributed by atoms with van der Waals surface area (Å²) in [4.78, 5) is 17.9. The summed E-state index contributed by atoms with van der Waals surface area (Å²) in [5.41, 5.74) is 0.340. The van der Waals surface area contributed by atoms with Gasteiger partial charge in [0, 0.05) is 18.5 Å². The van der Waals surface area contributed by atoms with Crippen LogP contribution in [0, 0.1) is 17.2 Å². The number of ether oxygens (including phenoxy) is 1. The molecule has 104 valence electrons. The van der Waals surface area contributed by atoms with E-state index >= 15 is 0 Å². The van der Waals surface area contributed by atoms with Crippen LogP contribution in [0.25, 0.3) is 0 Å². The van der Waals surface area contributed by atoms with Gasteiger partial charge in [0.05, 0.1) is 19.1 Å². The zero-order valence-electron chi connectivity index (χ0n) is 11.5. The summed E-state index contributed by atoms with van der Waals surface area (Å²) in [7, 11) is 0. The van der Waals surface area contributed by atoms with Gasteiger partial charge in [0.1, 0.15) is 0 Å². The third-order valence-electron chi connectivity index (χ3n) is 2.33. The highest BCUT2D eigenvalue weighted by atomic mass is 32.1. The first-order chi connectivity index (χ1) is 9.08. The van der Waals surface area contributed by atoms with E-state index in [9.17, 15) is 4.79 Å². The topological polar surface area (TPSA) is 66.2 Å². The first kappa shape index (κ1) is 15.4. The molecule has 0 amide bonds. The molecule has 19 heavy (non-hydrogen) atoms. The quantitative estimate of drug-likeness (QED) is 0.719. The summed E-state index contributed by atoms with van der Waals surface area (Å²) in [6.07, 6.45) is 0.445. The molecule has 0 aliphatic rings. The Kier molecular flexibility index (Phi) is 6.30. The van der Waals surface area contributed by atoms with Crippen LogP contribution in [-0.2, 0) is 4.74 Å². The van der Waals surface area contributed by atoms with Crippen molar-refractivity contribution in [3.8, 4) is 6.07 Å². The number of carbonyl (C=O) groups excluding carboxylic acids is 1. The lowest BCUT2D eigenvalue weighted by molar-refractivity contribution is 0.0520. The van der Waals surface area contributed by atoms with E-state index in [4.69, 9.17) is 10.00 Å². The lowest BCUT2D eigenvalue weighted by atomic mass is 10.2. The lowest BCUT2D eigenvalue weighted by Crippen LogP contribution is -2.28. The van der Waals surface area contributed by atoms with Gasteiger partial charge in [-0.1, -0.05) is 13.8 Å². The molecule has 0 aromatic carbocycles. The van der Waals surface area contributed by atoms with Crippen LogP contribution in [0.2, 0.25) is 0 Å². The molecule has 0 saturated carbocycles. The number of hydrogen-bond acceptors (Lipinski definition) is 6. The second-order valence-corrected chi connectivity index (χ2v) is 5.32. The lowest BCUT2D eigenvalue weighted by Gasteiger charge is -2.22. The van der Waals surface area contributed by atoms with Crippen LogP contribution < -0.4 is 4.90 Å². The standard InChI is InChI=1S/C13H19N3O2S/c1-4-18-12(17)11-9-19-13(15-11)16(7-5-6-14)8-10(2)3/h9-10H,4-5,7-8H2,1-3H3. The van der Waals surface area contributed by atoms with Crippen molar-refractivity contribution in [3.05, 3.63) is 11.1 Å². The van der Waals surface area contributed by atoms with Crippen molar-refractivity contribution >= 4 is 22.4 Å². The molecule has 1 rings (SSSR count). The molecule has 0 aliphatic carbocycles. The van der Waals surface area contributed by atoms with Crippen molar-refractivity contribution in [2.45, 2.75) is 27.2 Å². The normalized spacial score (nSPS) is 10.3. The summed E-state index contributed by atoms with van der Waals surface area (Å²) in [5.74, 6) is 0.0726. The predicted octanol–water partition coefficient (Wildman–Crippen LogP) is 2.70. The van der Waals surface area contributed by atoms with Crippen molar-refractivity contribution < 1.29 is 9.53 Å². The monoisotopic (exact) mass is 281 g/mol.